The van der Waals surface area contributed by atoms with Gasteiger partial charge in [0.15, 0.2) is 0 Å². The van der Waals surface area contributed by atoms with E-state index >= 15 is 0 Å². The fourth-order valence-corrected chi connectivity index (χ4v) is 2.72. The fourth-order valence-electron chi connectivity index (χ4n) is 1.35. The lowest BCUT2D eigenvalue weighted by molar-refractivity contribution is -0.119. The molecule has 5 heteroatoms. The third kappa shape index (κ3) is 1.13. The monoisotopic (exact) mass is 173 g/mol. The first kappa shape index (κ1) is 7.39. The predicted molar refractivity (Wildman–Crippen MR) is 44.2 cm³/mol. The van der Waals surface area contributed by atoms with Gasteiger partial charge in [-0.05, 0) is 0 Å². The van der Waals surface area contributed by atoms with Crippen molar-refractivity contribution in [1.82, 2.24) is 10.6 Å². The maximum Gasteiger partial charge on any atom is 0.235 e. The van der Waals surface area contributed by atoms with Crippen LogP contribution in [0, 0.1) is 0 Å². The Hall–Kier alpha value is -0.260. The highest BCUT2D eigenvalue weighted by molar-refractivity contribution is 8.01. The molecule has 0 aliphatic carbocycles. The second-order valence-corrected chi connectivity index (χ2v) is 4.41. The molecular formula is C6H11N3OS. The lowest BCUT2D eigenvalue weighted by Gasteiger charge is -2.38. The van der Waals surface area contributed by atoms with Gasteiger partial charge < -0.3 is 11.1 Å². The van der Waals surface area contributed by atoms with Gasteiger partial charge in [-0.15, -0.1) is 11.8 Å². The van der Waals surface area contributed by atoms with Gasteiger partial charge in [0.05, 0.1) is 10.9 Å². The summed E-state index contributed by atoms with van der Waals surface area (Å²) < 4.78 is 0. The lowest BCUT2D eigenvalue weighted by Crippen LogP contribution is -2.65. The summed E-state index contributed by atoms with van der Waals surface area (Å²) >= 11 is 1.79. The van der Waals surface area contributed by atoms with Crippen LogP contribution >= 0.6 is 11.8 Å². The van der Waals surface area contributed by atoms with Gasteiger partial charge in [-0.25, -0.2) is 0 Å². The number of carbonyl (C=O) groups is 1. The Morgan fingerprint density at radius 1 is 1.64 bits per heavy atom. The molecule has 0 saturated carbocycles. The molecule has 0 radical (unpaired) electrons. The van der Waals surface area contributed by atoms with Crippen molar-refractivity contribution in [3.05, 3.63) is 0 Å². The number of rotatable bonds is 1. The lowest BCUT2D eigenvalue weighted by atomic mass is 10.1. The van der Waals surface area contributed by atoms with Crippen LogP contribution < -0.4 is 16.4 Å². The standard InChI is InChI=1S/C6H11N3OS/c7-5(10)4-1-11-6(9-4)2-8-3-6/h4,8-9H,1-3H2,(H2,7,10)/t4-/m0/s1. The van der Waals surface area contributed by atoms with E-state index in [2.05, 4.69) is 10.6 Å². The molecule has 0 aromatic carbocycles. The third-order valence-electron chi connectivity index (χ3n) is 2.13. The number of amides is 1. The Bertz CT molecular complexity index is 192. The molecular weight excluding hydrogens is 162 g/mol. The fraction of sp³-hybridized carbons (Fsp3) is 0.833. The van der Waals surface area contributed by atoms with Crippen LogP contribution in [0.15, 0.2) is 0 Å². The van der Waals surface area contributed by atoms with E-state index in [1.54, 1.807) is 11.8 Å². The zero-order valence-electron chi connectivity index (χ0n) is 6.09. The van der Waals surface area contributed by atoms with Gasteiger partial charge in [0, 0.05) is 18.8 Å². The van der Waals surface area contributed by atoms with Gasteiger partial charge >= 0.3 is 0 Å². The SMILES string of the molecule is NC(=O)[C@@H]1CSC2(CNC2)N1. The minimum atomic E-state index is -0.235. The maximum atomic E-state index is 10.8. The summed E-state index contributed by atoms with van der Waals surface area (Å²) in [6.45, 7) is 1.89. The first-order valence-corrected chi connectivity index (χ1v) is 4.62. The molecule has 0 unspecified atom stereocenters. The Kier molecular flexibility index (Phi) is 1.59. The topological polar surface area (TPSA) is 67.2 Å². The highest BCUT2D eigenvalue weighted by atomic mass is 32.2. The molecule has 2 rings (SSSR count). The normalized spacial score (nSPS) is 33.6. The molecule has 1 spiro atoms. The van der Waals surface area contributed by atoms with Crippen molar-refractivity contribution in [1.29, 1.82) is 0 Å². The molecule has 1 amide bonds. The molecule has 0 aromatic heterocycles. The number of thioether (sulfide) groups is 1. The van der Waals surface area contributed by atoms with Crippen molar-refractivity contribution < 1.29 is 4.79 Å². The maximum absolute atomic E-state index is 10.8. The van der Waals surface area contributed by atoms with Gasteiger partial charge in [-0.2, -0.15) is 0 Å². The van der Waals surface area contributed by atoms with Crippen molar-refractivity contribution in [2.45, 2.75) is 10.9 Å². The molecule has 2 aliphatic rings. The Morgan fingerprint density at radius 2 is 2.36 bits per heavy atom. The van der Waals surface area contributed by atoms with E-state index in [0.717, 1.165) is 18.8 Å². The molecule has 4 N–H and O–H groups in total. The van der Waals surface area contributed by atoms with Crippen LogP contribution in [0.25, 0.3) is 0 Å². The van der Waals surface area contributed by atoms with Crippen LogP contribution in [0.2, 0.25) is 0 Å². The highest BCUT2D eigenvalue weighted by Gasteiger charge is 2.45. The molecule has 0 bridgehead atoms. The Labute approximate surface area is 69.3 Å². The number of carbonyl (C=O) groups excluding carboxylic acids is 1. The smallest absolute Gasteiger partial charge is 0.235 e. The van der Waals surface area contributed by atoms with Crippen LogP contribution in [-0.4, -0.2) is 35.7 Å². The van der Waals surface area contributed by atoms with Crippen molar-refractivity contribution in [2.24, 2.45) is 5.73 Å². The first-order chi connectivity index (χ1) is 5.22. The summed E-state index contributed by atoms with van der Waals surface area (Å²) in [6, 6.07) is -0.123. The van der Waals surface area contributed by atoms with E-state index in [9.17, 15) is 4.79 Å². The van der Waals surface area contributed by atoms with Crippen LogP contribution in [0.1, 0.15) is 0 Å². The minimum Gasteiger partial charge on any atom is -0.368 e. The summed E-state index contributed by atoms with van der Waals surface area (Å²) in [6.07, 6.45) is 0. The van der Waals surface area contributed by atoms with E-state index < -0.39 is 0 Å². The first-order valence-electron chi connectivity index (χ1n) is 3.64. The summed E-state index contributed by atoms with van der Waals surface area (Å²) in [5, 5.41) is 6.40. The van der Waals surface area contributed by atoms with E-state index in [0.29, 0.717) is 0 Å². The van der Waals surface area contributed by atoms with Crippen LogP contribution in [0.4, 0.5) is 0 Å². The van der Waals surface area contributed by atoms with E-state index in [1.165, 1.54) is 0 Å². The number of hydrogen-bond donors (Lipinski definition) is 3. The van der Waals surface area contributed by atoms with Gasteiger partial charge in [-0.3, -0.25) is 10.1 Å². The second-order valence-electron chi connectivity index (χ2n) is 3.01. The zero-order valence-corrected chi connectivity index (χ0v) is 6.91. The van der Waals surface area contributed by atoms with Gasteiger partial charge in [-0.1, -0.05) is 0 Å². The molecule has 62 valence electrons. The minimum absolute atomic E-state index is 0.123. The number of nitrogens with two attached hydrogens (primary N) is 1. The van der Waals surface area contributed by atoms with Crippen LogP contribution in [0.5, 0.6) is 0 Å². The molecule has 11 heavy (non-hydrogen) atoms. The number of hydrogen-bond acceptors (Lipinski definition) is 4. The van der Waals surface area contributed by atoms with Crippen molar-refractivity contribution in [3.63, 3.8) is 0 Å². The molecule has 1 atom stereocenters. The Morgan fingerprint density at radius 3 is 2.64 bits per heavy atom. The number of nitrogens with one attached hydrogen (secondary N) is 2. The molecule has 2 aliphatic heterocycles. The molecule has 2 heterocycles. The summed E-state index contributed by atoms with van der Waals surface area (Å²) in [7, 11) is 0. The van der Waals surface area contributed by atoms with Crippen LogP contribution in [0.3, 0.4) is 0 Å². The predicted octanol–water partition coefficient (Wildman–Crippen LogP) is -1.52. The van der Waals surface area contributed by atoms with E-state index in [4.69, 9.17) is 5.73 Å². The quantitative estimate of drug-likeness (QED) is 0.450. The van der Waals surface area contributed by atoms with E-state index in [-0.39, 0.29) is 16.8 Å². The van der Waals surface area contributed by atoms with E-state index in [1.807, 2.05) is 0 Å². The second kappa shape index (κ2) is 2.36. The average Bonchev–Trinajstić information content (AvgIpc) is 2.28. The largest absolute Gasteiger partial charge is 0.368 e. The molecule has 2 saturated heterocycles. The summed E-state index contributed by atoms with van der Waals surface area (Å²) in [5.41, 5.74) is 5.16. The molecule has 4 nitrogen and oxygen atoms in total. The zero-order chi connectivity index (χ0) is 7.90. The number of primary amides is 1. The molecule has 2 fully saturated rings. The average molecular weight is 173 g/mol. The third-order valence-corrected chi connectivity index (χ3v) is 3.59. The highest BCUT2D eigenvalue weighted by Crippen LogP contribution is 2.33. The molecule has 0 aromatic rings. The van der Waals surface area contributed by atoms with Gasteiger partial charge in [0.2, 0.25) is 5.91 Å². The summed E-state index contributed by atoms with van der Waals surface area (Å²) in [4.78, 5) is 10.9. The van der Waals surface area contributed by atoms with Crippen molar-refractivity contribution in [3.8, 4) is 0 Å². The van der Waals surface area contributed by atoms with Gasteiger partial charge in [0.25, 0.3) is 0 Å². The Balaban J connectivity index is 1.98. The van der Waals surface area contributed by atoms with Crippen molar-refractivity contribution in [2.75, 3.05) is 18.8 Å². The summed E-state index contributed by atoms with van der Waals surface area (Å²) in [5.74, 6) is 0.582. The van der Waals surface area contributed by atoms with Crippen LogP contribution in [-0.2, 0) is 4.79 Å². The van der Waals surface area contributed by atoms with Crippen molar-refractivity contribution >= 4 is 17.7 Å². The van der Waals surface area contributed by atoms with Gasteiger partial charge in [0.1, 0.15) is 0 Å².